The van der Waals surface area contributed by atoms with Gasteiger partial charge in [-0.1, -0.05) is 24.3 Å². The molecule has 2 N–H and O–H groups in total. The molecule has 1 saturated heterocycles. The number of benzene rings is 1. The average Bonchev–Trinajstić information content (AvgIpc) is 2.91. The quantitative estimate of drug-likeness (QED) is 0.835. The Hall–Kier alpha value is -1.59. The van der Waals surface area contributed by atoms with Crippen molar-refractivity contribution in [2.75, 3.05) is 33.4 Å². The van der Waals surface area contributed by atoms with Crippen LogP contribution < -0.4 is 10.6 Å². The van der Waals surface area contributed by atoms with E-state index >= 15 is 0 Å². The Morgan fingerprint density at radius 2 is 2.24 bits per heavy atom. The summed E-state index contributed by atoms with van der Waals surface area (Å²) >= 11 is 0. The van der Waals surface area contributed by atoms with Crippen molar-refractivity contribution in [2.45, 2.75) is 25.9 Å². The van der Waals surface area contributed by atoms with Gasteiger partial charge < -0.3 is 15.4 Å². The maximum absolute atomic E-state index is 11.9. The molecule has 0 aliphatic carbocycles. The molecule has 1 unspecified atom stereocenters. The highest BCUT2D eigenvalue weighted by atomic mass is 16.5. The zero-order valence-electron chi connectivity index (χ0n) is 12.9. The van der Waals surface area contributed by atoms with E-state index < -0.39 is 0 Å². The van der Waals surface area contributed by atoms with Crippen LogP contribution in [0.3, 0.4) is 0 Å². The number of nitrogens with zero attached hydrogens (tertiary/aromatic N) is 1. The monoisotopic (exact) mass is 291 g/mol. The Morgan fingerprint density at radius 3 is 3.00 bits per heavy atom. The van der Waals surface area contributed by atoms with Gasteiger partial charge in [-0.2, -0.15) is 0 Å². The Labute approximate surface area is 126 Å². The number of carbonyl (C=O) groups excluding carboxylic acids is 1. The SMILES string of the molecule is COCCN1CCC(NC(=O)NCc2ccccc2C)C1. The van der Waals surface area contributed by atoms with Crippen LogP contribution in [0.15, 0.2) is 24.3 Å². The fourth-order valence-electron chi connectivity index (χ4n) is 2.59. The van der Waals surface area contributed by atoms with Crippen molar-refractivity contribution in [1.82, 2.24) is 15.5 Å². The minimum atomic E-state index is -0.0863. The molecule has 0 aromatic heterocycles. The predicted octanol–water partition coefficient (Wildman–Crippen LogP) is 1.51. The Morgan fingerprint density at radius 1 is 1.43 bits per heavy atom. The number of aryl methyl sites for hydroxylation is 1. The van der Waals surface area contributed by atoms with Crippen LogP contribution in [0.2, 0.25) is 0 Å². The lowest BCUT2D eigenvalue weighted by atomic mass is 10.1. The molecule has 1 fully saturated rings. The van der Waals surface area contributed by atoms with Crippen molar-refractivity contribution < 1.29 is 9.53 Å². The lowest BCUT2D eigenvalue weighted by Gasteiger charge is -2.16. The number of ether oxygens (including phenoxy) is 1. The Kier molecular flexibility index (Phi) is 6.02. The lowest BCUT2D eigenvalue weighted by molar-refractivity contribution is 0.159. The predicted molar refractivity (Wildman–Crippen MR) is 83.3 cm³/mol. The molecule has 1 heterocycles. The molecule has 0 bridgehead atoms. The van der Waals surface area contributed by atoms with Gasteiger partial charge in [-0.25, -0.2) is 4.79 Å². The van der Waals surface area contributed by atoms with Crippen LogP contribution >= 0.6 is 0 Å². The van der Waals surface area contributed by atoms with Gasteiger partial charge in [0.05, 0.1) is 6.61 Å². The smallest absolute Gasteiger partial charge is 0.315 e. The molecule has 0 spiro atoms. The maximum atomic E-state index is 11.9. The summed E-state index contributed by atoms with van der Waals surface area (Å²) in [5, 5.41) is 5.97. The molecule has 1 aliphatic heterocycles. The molecule has 2 rings (SSSR count). The molecule has 1 aromatic rings. The molecule has 2 amide bonds. The van der Waals surface area contributed by atoms with Gasteiger partial charge in [0.1, 0.15) is 0 Å². The first-order chi connectivity index (χ1) is 10.2. The van der Waals surface area contributed by atoms with Crippen LogP contribution in [0.25, 0.3) is 0 Å². The van der Waals surface area contributed by atoms with Crippen LogP contribution in [0.4, 0.5) is 4.79 Å². The second-order valence-electron chi connectivity index (χ2n) is 5.53. The van der Waals surface area contributed by atoms with Crippen molar-refractivity contribution in [2.24, 2.45) is 0 Å². The highest BCUT2D eigenvalue weighted by Crippen LogP contribution is 2.09. The lowest BCUT2D eigenvalue weighted by Crippen LogP contribution is -2.43. The van der Waals surface area contributed by atoms with E-state index in [4.69, 9.17) is 4.74 Å². The highest BCUT2D eigenvalue weighted by Gasteiger charge is 2.23. The van der Waals surface area contributed by atoms with Gasteiger partial charge in [-0.3, -0.25) is 4.90 Å². The second kappa shape index (κ2) is 8.00. The summed E-state index contributed by atoms with van der Waals surface area (Å²) in [5.74, 6) is 0. The first-order valence-corrected chi connectivity index (χ1v) is 7.49. The molecular formula is C16H25N3O2. The van der Waals surface area contributed by atoms with Crippen molar-refractivity contribution in [3.63, 3.8) is 0 Å². The molecule has 1 atom stereocenters. The second-order valence-corrected chi connectivity index (χ2v) is 5.53. The molecule has 116 valence electrons. The number of likely N-dealkylation sites (tertiary alicyclic amines) is 1. The molecular weight excluding hydrogens is 266 g/mol. The minimum absolute atomic E-state index is 0.0863. The normalized spacial score (nSPS) is 18.7. The summed E-state index contributed by atoms with van der Waals surface area (Å²) in [6.45, 7) is 6.22. The summed E-state index contributed by atoms with van der Waals surface area (Å²) in [4.78, 5) is 14.3. The molecule has 0 radical (unpaired) electrons. The van der Waals surface area contributed by atoms with Crippen LogP contribution in [0.1, 0.15) is 17.5 Å². The number of hydrogen-bond donors (Lipinski definition) is 2. The van der Waals surface area contributed by atoms with Gasteiger partial charge in [-0.05, 0) is 24.5 Å². The van der Waals surface area contributed by atoms with E-state index in [0.717, 1.165) is 38.2 Å². The average molecular weight is 291 g/mol. The molecule has 5 nitrogen and oxygen atoms in total. The molecule has 5 heteroatoms. The van der Waals surface area contributed by atoms with E-state index in [2.05, 4.69) is 28.5 Å². The fourth-order valence-corrected chi connectivity index (χ4v) is 2.59. The van der Waals surface area contributed by atoms with E-state index in [9.17, 15) is 4.79 Å². The molecule has 21 heavy (non-hydrogen) atoms. The molecule has 0 saturated carbocycles. The van der Waals surface area contributed by atoms with Gasteiger partial charge in [0.15, 0.2) is 0 Å². The third kappa shape index (κ3) is 5.02. The van der Waals surface area contributed by atoms with Crippen LogP contribution in [0, 0.1) is 6.92 Å². The number of urea groups is 1. The summed E-state index contributed by atoms with van der Waals surface area (Å²) < 4.78 is 5.08. The van der Waals surface area contributed by atoms with Gasteiger partial charge in [0.2, 0.25) is 0 Å². The highest BCUT2D eigenvalue weighted by molar-refractivity contribution is 5.74. The minimum Gasteiger partial charge on any atom is -0.383 e. The standard InChI is InChI=1S/C16H25N3O2/c1-13-5-3-4-6-14(13)11-17-16(20)18-15-7-8-19(12-15)9-10-21-2/h3-6,15H,7-12H2,1-2H3,(H2,17,18,20). The summed E-state index contributed by atoms with van der Waals surface area (Å²) in [7, 11) is 1.71. The topological polar surface area (TPSA) is 53.6 Å². The summed E-state index contributed by atoms with van der Waals surface area (Å²) in [5.41, 5.74) is 2.35. The number of rotatable bonds is 6. The van der Waals surface area contributed by atoms with Crippen molar-refractivity contribution in [1.29, 1.82) is 0 Å². The molecule has 1 aliphatic rings. The Bertz CT molecular complexity index is 465. The first-order valence-electron chi connectivity index (χ1n) is 7.49. The van der Waals surface area contributed by atoms with Crippen molar-refractivity contribution in [3.8, 4) is 0 Å². The first kappa shape index (κ1) is 15.8. The number of amides is 2. The third-order valence-electron chi connectivity index (χ3n) is 3.92. The van der Waals surface area contributed by atoms with Crippen LogP contribution in [0.5, 0.6) is 0 Å². The van der Waals surface area contributed by atoms with E-state index in [1.54, 1.807) is 7.11 Å². The van der Waals surface area contributed by atoms with Crippen LogP contribution in [-0.4, -0.2) is 50.3 Å². The van der Waals surface area contributed by atoms with Gasteiger partial charge in [-0.15, -0.1) is 0 Å². The number of hydrogen-bond acceptors (Lipinski definition) is 3. The van der Waals surface area contributed by atoms with Crippen LogP contribution in [-0.2, 0) is 11.3 Å². The third-order valence-corrected chi connectivity index (χ3v) is 3.92. The van der Waals surface area contributed by atoms with E-state index in [-0.39, 0.29) is 12.1 Å². The van der Waals surface area contributed by atoms with Gasteiger partial charge in [0, 0.05) is 39.3 Å². The zero-order valence-corrected chi connectivity index (χ0v) is 12.9. The molecule has 1 aromatic carbocycles. The van der Waals surface area contributed by atoms with E-state index in [1.165, 1.54) is 5.56 Å². The number of methoxy groups -OCH3 is 1. The van der Waals surface area contributed by atoms with Crippen molar-refractivity contribution in [3.05, 3.63) is 35.4 Å². The van der Waals surface area contributed by atoms with Gasteiger partial charge in [0.25, 0.3) is 0 Å². The number of carbonyl (C=O) groups is 1. The largest absolute Gasteiger partial charge is 0.383 e. The zero-order chi connectivity index (χ0) is 15.1. The Balaban J connectivity index is 1.69. The summed E-state index contributed by atoms with van der Waals surface area (Å²) in [6.07, 6.45) is 1.00. The maximum Gasteiger partial charge on any atom is 0.315 e. The van der Waals surface area contributed by atoms with Gasteiger partial charge >= 0.3 is 6.03 Å². The number of nitrogens with one attached hydrogen (secondary N) is 2. The fraction of sp³-hybridized carbons (Fsp3) is 0.562. The summed E-state index contributed by atoms with van der Waals surface area (Å²) in [6, 6.07) is 8.24. The van der Waals surface area contributed by atoms with E-state index in [1.807, 2.05) is 18.2 Å². The van der Waals surface area contributed by atoms with E-state index in [0.29, 0.717) is 6.54 Å². The van der Waals surface area contributed by atoms with Crippen molar-refractivity contribution >= 4 is 6.03 Å².